The highest BCUT2D eigenvalue weighted by Crippen LogP contribution is 2.27. The zero-order chi connectivity index (χ0) is 16.1. The molecular weight excluding hydrogens is 306 g/mol. The van der Waals surface area contributed by atoms with Gasteiger partial charge in [-0.3, -0.25) is 4.99 Å². The van der Waals surface area contributed by atoms with Gasteiger partial charge in [-0.25, -0.2) is 4.98 Å². The standard InChI is InChI=1S/C17H25N5S/c1-14-6-9-21(12-16(14)22-10-8-19-13-22)17(18-2)20-7-5-15-4-3-11-23-15/h3-4,8,10-11,13-14,16H,5-7,9,12H2,1-2H3,(H,18,20). The van der Waals surface area contributed by atoms with Gasteiger partial charge in [0.15, 0.2) is 5.96 Å². The summed E-state index contributed by atoms with van der Waals surface area (Å²) in [4.78, 5) is 12.5. The number of thiophene rings is 1. The molecule has 23 heavy (non-hydrogen) atoms. The highest BCUT2D eigenvalue weighted by Gasteiger charge is 2.28. The van der Waals surface area contributed by atoms with E-state index in [0.717, 1.165) is 32.0 Å². The van der Waals surface area contributed by atoms with Gasteiger partial charge in [-0.1, -0.05) is 13.0 Å². The molecule has 0 bridgehead atoms. The van der Waals surface area contributed by atoms with Gasteiger partial charge in [-0.05, 0) is 30.2 Å². The third-order valence-electron chi connectivity index (χ3n) is 4.57. The second-order valence-electron chi connectivity index (χ2n) is 6.09. The molecule has 6 heteroatoms. The SMILES string of the molecule is CN=C(NCCc1cccs1)N1CCC(C)C(n2ccnc2)C1. The second-order valence-corrected chi connectivity index (χ2v) is 7.12. The molecule has 0 spiro atoms. The quantitative estimate of drug-likeness (QED) is 0.692. The number of nitrogens with one attached hydrogen (secondary N) is 1. The maximum Gasteiger partial charge on any atom is 0.193 e. The first-order chi connectivity index (χ1) is 11.3. The molecule has 2 aromatic rings. The number of aromatic nitrogens is 2. The van der Waals surface area contributed by atoms with Crippen LogP contribution in [0.3, 0.4) is 0 Å². The Morgan fingerprint density at radius 3 is 3.13 bits per heavy atom. The molecule has 2 aromatic heterocycles. The number of rotatable bonds is 4. The van der Waals surface area contributed by atoms with Crippen LogP contribution in [0.5, 0.6) is 0 Å². The molecule has 124 valence electrons. The van der Waals surface area contributed by atoms with Crippen LogP contribution in [0.2, 0.25) is 0 Å². The van der Waals surface area contributed by atoms with Crippen LogP contribution in [0.25, 0.3) is 0 Å². The lowest BCUT2D eigenvalue weighted by Crippen LogP contribution is -2.49. The van der Waals surface area contributed by atoms with E-state index in [0.29, 0.717) is 12.0 Å². The number of guanidine groups is 1. The summed E-state index contributed by atoms with van der Waals surface area (Å²) in [5.41, 5.74) is 0. The van der Waals surface area contributed by atoms with Crippen molar-refractivity contribution in [3.8, 4) is 0 Å². The third-order valence-corrected chi connectivity index (χ3v) is 5.51. The fraction of sp³-hybridized carbons (Fsp3) is 0.529. The Labute approximate surface area is 142 Å². The van der Waals surface area contributed by atoms with Crippen molar-refractivity contribution in [3.63, 3.8) is 0 Å². The Kier molecular flexibility index (Phi) is 5.33. The zero-order valence-corrected chi connectivity index (χ0v) is 14.7. The van der Waals surface area contributed by atoms with Crippen LogP contribution < -0.4 is 5.32 Å². The summed E-state index contributed by atoms with van der Waals surface area (Å²) in [6, 6.07) is 4.76. The van der Waals surface area contributed by atoms with E-state index >= 15 is 0 Å². The highest BCUT2D eigenvalue weighted by atomic mass is 32.1. The first-order valence-corrected chi connectivity index (χ1v) is 9.11. The van der Waals surface area contributed by atoms with Gasteiger partial charge in [-0.2, -0.15) is 0 Å². The van der Waals surface area contributed by atoms with E-state index in [1.165, 1.54) is 11.3 Å². The van der Waals surface area contributed by atoms with Crippen molar-refractivity contribution in [1.29, 1.82) is 0 Å². The summed E-state index contributed by atoms with van der Waals surface area (Å²) in [6.07, 6.45) is 8.08. The number of hydrogen-bond acceptors (Lipinski definition) is 3. The van der Waals surface area contributed by atoms with Crippen molar-refractivity contribution in [3.05, 3.63) is 41.1 Å². The van der Waals surface area contributed by atoms with Gasteiger partial charge in [0, 0.05) is 44.0 Å². The fourth-order valence-electron chi connectivity index (χ4n) is 3.18. The van der Waals surface area contributed by atoms with Crippen molar-refractivity contribution in [2.75, 3.05) is 26.7 Å². The predicted molar refractivity (Wildman–Crippen MR) is 96.0 cm³/mol. The number of piperidine rings is 1. The van der Waals surface area contributed by atoms with E-state index in [4.69, 9.17) is 0 Å². The average molecular weight is 331 g/mol. The minimum Gasteiger partial charge on any atom is -0.356 e. The fourth-order valence-corrected chi connectivity index (χ4v) is 3.89. The molecular formula is C17H25N5S. The lowest BCUT2D eigenvalue weighted by molar-refractivity contribution is 0.189. The molecule has 0 amide bonds. The summed E-state index contributed by atoms with van der Waals surface area (Å²) in [5.74, 6) is 1.67. The van der Waals surface area contributed by atoms with E-state index in [1.807, 2.05) is 30.9 Å². The Balaban J connectivity index is 1.57. The summed E-state index contributed by atoms with van der Waals surface area (Å²) in [7, 11) is 1.87. The monoisotopic (exact) mass is 331 g/mol. The van der Waals surface area contributed by atoms with Gasteiger partial charge >= 0.3 is 0 Å². The molecule has 0 aromatic carbocycles. The van der Waals surface area contributed by atoms with Crippen LogP contribution in [0, 0.1) is 5.92 Å². The van der Waals surface area contributed by atoms with Gasteiger partial charge in [0.25, 0.3) is 0 Å². The van der Waals surface area contributed by atoms with Crippen molar-refractivity contribution >= 4 is 17.3 Å². The molecule has 1 N–H and O–H groups in total. The highest BCUT2D eigenvalue weighted by molar-refractivity contribution is 7.09. The molecule has 3 heterocycles. The van der Waals surface area contributed by atoms with Crippen LogP contribution in [0.4, 0.5) is 0 Å². The maximum absolute atomic E-state index is 4.48. The van der Waals surface area contributed by atoms with Gasteiger partial charge in [0.05, 0.1) is 12.4 Å². The molecule has 1 saturated heterocycles. The molecule has 2 unspecified atom stereocenters. The van der Waals surface area contributed by atoms with Crippen molar-refractivity contribution in [2.45, 2.75) is 25.8 Å². The first-order valence-electron chi connectivity index (χ1n) is 8.23. The topological polar surface area (TPSA) is 45.5 Å². The Bertz CT molecular complexity index is 605. The van der Waals surface area contributed by atoms with E-state index in [9.17, 15) is 0 Å². The number of imidazole rings is 1. The Morgan fingerprint density at radius 1 is 1.52 bits per heavy atom. The second kappa shape index (κ2) is 7.64. The largest absolute Gasteiger partial charge is 0.356 e. The molecule has 1 aliphatic heterocycles. The first kappa shape index (κ1) is 16.1. The molecule has 2 atom stereocenters. The van der Waals surface area contributed by atoms with Gasteiger partial charge < -0.3 is 14.8 Å². The van der Waals surface area contributed by atoms with Gasteiger partial charge in [0.2, 0.25) is 0 Å². The lowest BCUT2D eigenvalue weighted by atomic mass is 9.93. The number of likely N-dealkylation sites (tertiary alicyclic amines) is 1. The molecule has 0 saturated carbocycles. The minimum atomic E-state index is 0.460. The van der Waals surface area contributed by atoms with Crippen LogP contribution in [-0.2, 0) is 6.42 Å². The van der Waals surface area contributed by atoms with Crippen LogP contribution in [-0.4, -0.2) is 47.1 Å². The maximum atomic E-state index is 4.48. The van der Waals surface area contributed by atoms with Crippen molar-refractivity contribution in [1.82, 2.24) is 19.8 Å². The average Bonchev–Trinajstić information content (AvgIpc) is 3.26. The smallest absolute Gasteiger partial charge is 0.193 e. The molecule has 1 aliphatic rings. The van der Waals surface area contributed by atoms with Crippen molar-refractivity contribution in [2.24, 2.45) is 10.9 Å². The van der Waals surface area contributed by atoms with E-state index < -0.39 is 0 Å². The summed E-state index contributed by atoms with van der Waals surface area (Å²) < 4.78 is 2.23. The minimum absolute atomic E-state index is 0.460. The Morgan fingerprint density at radius 2 is 2.43 bits per heavy atom. The molecule has 0 radical (unpaired) electrons. The van der Waals surface area contributed by atoms with E-state index in [1.54, 1.807) is 0 Å². The van der Waals surface area contributed by atoms with Crippen LogP contribution >= 0.6 is 11.3 Å². The van der Waals surface area contributed by atoms with Gasteiger partial charge in [-0.15, -0.1) is 11.3 Å². The van der Waals surface area contributed by atoms with Crippen LogP contribution in [0.15, 0.2) is 41.2 Å². The summed E-state index contributed by atoms with van der Waals surface area (Å²) in [5, 5.41) is 5.65. The normalized spacial score (nSPS) is 22.3. The number of hydrogen-bond donors (Lipinski definition) is 1. The molecule has 0 aliphatic carbocycles. The molecule has 5 nitrogen and oxygen atoms in total. The molecule has 1 fully saturated rings. The summed E-state index contributed by atoms with van der Waals surface area (Å²) >= 11 is 1.81. The zero-order valence-electron chi connectivity index (χ0n) is 13.9. The van der Waals surface area contributed by atoms with Gasteiger partial charge in [0.1, 0.15) is 0 Å². The summed E-state index contributed by atoms with van der Waals surface area (Å²) in [6.45, 7) is 5.30. The predicted octanol–water partition coefficient (Wildman–Crippen LogP) is 2.65. The van der Waals surface area contributed by atoms with E-state index in [2.05, 4.69) is 55.4 Å². The van der Waals surface area contributed by atoms with Crippen molar-refractivity contribution < 1.29 is 0 Å². The lowest BCUT2D eigenvalue weighted by Gasteiger charge is -2.39. The third kappa shape index (κ3) is 3.93. The van der Waals surface area contributed by atoms with Crippen LogP contribution in [0.1, 0.15) is 24.3 Å². The Hall–Kier alpha value is -1.82. The number of nitrogens with zero attached hydrogens (tertiary/aromatic N) is 4. The molecule has 3 rings (SSSR count). The number of aliphatic imine (C=N–C) groups is 1. The van der Waals surface area contributed by atoms with E-state index in [-0.39, 0.29) is 0 Å².